The number of benzene rings is 2. The van der Waals surface area contributed by atoms with E-state index in [4.69, 9.17) is 9.30 Å². The molecule has 1 aromatic heterocycles. The summed E-state index contributed by atoms with van der Waals surface area (Å²) >= 11 is 0. The molecule has 3 aromatic rings. The highest BCUT2D eigenvalue weighted by atomic mass is 19.1. The maximum Gasteiger partial charge on any atom is 0.261 e. The smallest absolute Gasteiger partial charge is 0.261 e. The minimum atomic E-state index is -0.923. The van der Waals surface area contributed by atoms with Crippen LogP contribution in [0.5, 0.6) is 0 Å². The molecule has 0 aliphatic heterocycles. The Bertz CT molecular complexity index is 935. The molecule has 27 heavy (non-hydrogen) atoms. The number of nitrogens with one attached hydrogen (secondary N) is 1. The van der Waals surface area contributed by atoms with Gasteiger partial charge in [-0.3, -0.25) is 4.79 Å². The van der Waals surface area contributed by atoms with Crippen LogP contribution in [0, 0.1) is 18.6 Å². The van der Waals surface area contributed by atoms with Gasteiger partial charge in [0.05, 0.1) is 7.11 Å². The van der Waals surface area contributed by atoms with Gasteiger partial charge >= 0.3 is 0 Å². The summed E-state index contributed by atoms with van der Waals surface area (Å²) in [5.41, 5.74) is 1.12. The van der Waals surface area contributed by atoms with E-state index in [9.17, 15) is 13.6 Å². The highest BCUT2D eigenvalue weighted by molar-refractivity contribution is 6.04. The average Bonchev–Trinajstić information content (AvgIpc) is 3.01. The number of rotatable bonds is 6. The maximum absolute atomic E-state index is 13.7. The zero-order valence-corrected chi connectivity index (χ0v) is 14.6. The van der Waals surface area contributed by atoms with E-state index in [0.29, 0.717) is 23.0 Å². The topological polar surface area (TPSA) is 73.6 Å². The minimum Gasteiger partial charge on any atom is -0.443 e. The Kier molecular flexibility index (Phi) is 5.58. The van der Waals surface area contributed by atoms with Crippen LogP contribution in [0.3, 0.4) is 0 Å². The molecule has 0 radical (unpaired) electrons. The molecule has 0 spiro atoms. The van der Waals surface area contributed by atoms with Gasteiger partial charge in [-0.2, -0.15) is 0 Å². The fourth-order valence-electron chi connectivity index (χ4n) is 2.51. The van der Waals surface area contributed by atoms with Crippen molar-refractivity contribution in [3.8, 4) is 11.3 Å². The van der Waals surface area contributed by atoms with Crippen LogP contribution in [0.4, 0.5) is 14.5 Å². The normalized spacial score (nSPS) is 10.8. The molecular weight excluding hydrogens is 358 g/mol. The van der Waals surface area contributed by atoms with Crippen LogP contribution in [-0.2, 0) is 16.4 Å². The van der Waals surface area contributed by atoms with Gasteiger partial charge < -0.3 is 9.73 Å². The number of aryl methyl sites for hydroxylation is 1. The number of aromatic nitrogens is 1. The third kappa shape index (κ3) is 4.18. The summed E-state index contributed by atoms with van der Waals surface area (Å²) in [6, 6.07) is 9.87. The first kappa shape index (κ1) is 18.7. The fraction of sp³-hybridized carbons (Fsp3) is 0.158. The van der Waals surface area contributed by atoms with Crippen molar-refractivity contribution in [1.82, 2.24) is 4.98 Å². The Hall–Kier alpha value is -3.10. The molecule has 0 bridgehead atoms. The van der Waals surface area contributed by atoms with Crippen molar-refractivity contribution in [3.63, 3.8) is 0 Å². The van der Waals surface area contributed by atoms with Gasteiger partial charge in [0.1, 0.15) is 28.7 Å². The Morgan fingerprint density at radius 3 is 2.44 bits per heavy atom. The molecule has 0 fully saturated rings. The first-order valence-corrected chi connectivity index (χ1v) is 7.97. The quantitative estimate of drug-likeness (QED) is 0.516. The lowest BCUT2D eigenvalue weighted by atomic mass is 10.1. The number of anilines is 1. The number of hydrogen-bond acceptors (Lipinski definition) is 5. The first-order valence-electron chi connectivity index (χ1n) is 7.97. The molecule has 0 atom stereocenters. The van der Waals surface area contributed by atoms with Crippen LogP contribution in [0.2, 0.25) is 0 Å². The summed E-state index contributed by atoms with van der Waals surface area (Å²) in [7, 11) is 1.39. The zero-order valence-electron chi connectivity index (χ0n) is 14.6. The third-order valence-corrected chi connectivity index (χ3v) is 3.75. The Morgan fingerprint density at radius 2 is 1.81 bits per heavy atom. The Labute approximate surface area is 153 Å². The summed E-state index contributed by atoms with van der Waals surface area (Å²) in [6.07, 6.45) is 0. The van der Waals surface area contributed by atoms with Crippen molar-refractivity contribution >= 4 is 11.6 Å². The lowest BCUT2D eigenvalue weighted by Crippen LogP contribution is -2.15. The summed E-state index contributed by atoms with van der Waals surface area (Å²) in [5, 5.41) is 2.47. The van der Waals surface area contributed by atoms with Crippen molar-refractivity contribution in [1.29, 1.82) is 0 Å². The second kappa shape index (κ2) is 8.07. The minimum absolute atomic E-state index is 0.0691. The number of amides is 1. The number of oxazole rings is 1. The zero-order chi connectivity index (χ0) is 19.4. The first-order chi connectivity index (χ1) is 13.0. The van der Waals surface area contributed by atoms with Crippen LogP contribution in [0.1, 0.15) is 22.0 Å². The van der Waals surface area contributed by atoms with Gasteiger partial charge in [-0.05, 0) is 31.2 Å². The number of halogens is 2. The molecule has 3 rings (SSSR count). The molecule has 0 saturated heterocycles. The monoisotopic (exact) mass is 374 g/mol. The average molecular weight is 374 g/mol. The predicted octanol–water partition coefficient (Wildman–Crippen LogP) is 4.26. The predicted molar refractivity (Wildman–Crippen MR) is 92.8 cm³/mol. The van der Waals surface area contributed by atoms with E-state index in [1.54, 1.807) is 31.2 Å². The highest BCUT2D eigenvalue weighted by Gasteiger charge is 2.17. The maximum atomic E-state index is 13.7. The molecule has 140 valence electrons. The molecule has 2 aromatic carbocycles. The molecular formula is C19H16F2N2O4. The molecule has 1 N–H and O–H groups in total. The van der Waals surface area contributed by atoms with E-state index < -0.39 is 23.1 Å². The van der Waals surface area contributed by atoms with Gasteiger partial charge in [0.25, 0.3) is 5.91 Å². The Balaban J connectivity index is 1.76. The second-order valence-corrected chi connectivity index (χ2v) is 5.57. The van der Waals surface area contributed by atoms with Crippen molar-refractivity contribution in [2.24, 2.45) is 0 Å². The number of carbonyl (C=O) groups excluding carboxylic acids is 1. The van der Waals surface area contributed by atoms with E-state index >= 15 is 0 Å². The van der Waals surface area contributed by atoms with Crippen LogP contribution in [-0.4, -0.2) is 18.0 Å². The largest absolute Gasteiger partial charge is 0.443 e. The molecule has 1 heterocycles. The molecule has 0 aliphatic carbocycles. The van der Waals surface area contributed by atoms with Gasteiger partial charge in [-0.25, -0.2) is 23.5 Å². The van der Waals surface area contributed by atoms with E-state index in [-0.39, 0.29) is 6.61 Å². The molecule has 0 unspecified atom stereocenters. The lowest BCUT2D eigenvalue weighted by molar-refractivity contribution is -0.285. The SMILES string of the molecule is COOCc1nc(-c2ccc(NC(=O)c3c(F)cccc3F)cc2)c(C)o1. The number of carbonyl (C=O) groups is 1. The van der Waals surface area contributed by atoms with E-state index in [1.807, 2.05) is 0 Å². The molecule has 0 saturated carbocycles. The third-order valence-electron chi connectivity index (χ3n) is 3.75. The van der Waals surface area contributed by atoms with E-state index in [1.165, 1.54) is 13.2 Å². The van der Waals surface area contributed by atoms with Crippen LogP contribution in [0.25, 0.3) is 11.3 Å². The van der Waals surface area contributed by atoms with Gasteiger partial charge in [0.2, 0.25) is 5.89 Å². The number of hydrogen-bond donors (Lipinski definition) is 1. The van der Waals surface area contributed by atoms with E-state index in [0.717, 1.165) is 17.7 Å². The molecule has 6 nitrogen and oxygen atoms in total. The van der Waals surface area contributed by atoms with Crippen LogP contribution < -0.4 is 5.32 Å². The fourth-order valence-corrected chi connectivity index (χ4v) is 2.51. The van der Waals surface area contributed by atoms with Gasteiger partial charge in [0.15, 0.2) is 6.61 Å². The van der Waals surface area contributed by atoms with E-state index in [2.05, 4.69) is 15.2 Å². The highest BCUT2D eigenvalue weighted by Crippen LogP contribution is 2.25. The number of nitrogens with zero attached hydrogens (tertiary/aromatic N) is 1. The molecule has 0 aliphatic rings. The standard InChI is InChI=1S/C19H16F2N2O4/c1-11-18(23-16(27-11)10-26-25-2)12-6-8-13(9-7-12)22-19(24)17-14(20)4-3-5-15(17)21/h3-9H,10H2,1-2H3,(H,22,24). The summed E-state index contributed by atoms with van der Waals surface area (Å²) in [4.78, 5) is 25.7. The van der Waals surface area contributed by atoms with Crippen LogP contribution >= 0.6 is 0 Å². The lowest BCUT2D eigenvalue weighted by Gasteiger charge is -2.07. The van der Waals surface area contributed by atoms with Gasteiger partial charge in [-0.1, -0.05) is 18.2 Å². The van der Waals surface area contributed by atoms with Crippen molar-refractivity contribution in [2.75, 3.05) is 12.4 Å². The van der Waals surface area contributed by atoms with Crippen molar-refractivity contribution < 1.29 is 27.8 Å². The van der Waals surface area contributed by atoms with Gasteiger partial charge in [-0.15, -0.1) is 0 Å². The summed E-state index contributed by atoms with van der Waals surface area (Å²) in [5.74, 6) is -1.76. The Morgan fingerprint density at radius 1 is 1.15 bits per heavy atom. The second-order valence-electron chi connectivity index (χ2n) is 5.57. The molecule has 1 amide bonds. The van der Waals surface area contributed by atoms with Crippen molar-refractivity contribution in [3.05, 3.63) is 71.3 Å². The van der Waals surface area contributed by atoms with Crippen molar-refractivity contribution in [2.45, 2.75) is 13.5 Å². The van der Waals surface area contributed by atoms with Gasteiger partial charge in [0, 0.05) is 11.3 Å². The molecule has 8 heteroatoms. The van der Waals surface area contributed by atoms with Crippen LogP contribution in [0.15, 0.2) is 46.9 Å². The summed E-state index contributed by atoms with van der Waals surface area (Å²) < 4.78 is 32.9. The summed E-state index contributed by atoms with van der Waals surface area (Å²) in [6.45, 7) is 1.83.